The van der Waals surface area contributed by atoms with Crippen LogP contribution in [0.3, 0.4) is 0 Å². The van der Waals surface area contributed by atoms with Gasteiger partial charge in [0.2, 0.25) is 5.76 Å². The minimum absolute atomic E-state index is 0.0950. The predicted molar refractivity (Wildman–Crippen MR) is 121 cm³/mol. The van der Waals surface area contributed by atoms with Gasteiger partial charge in [-0.3, -0.25) is 10.1 Å². The van der Waals surface area contributed by atoms with Crippen molar-refractivity contribution in [3.05, 3.63) is 77.7 Å². The van der Waals surface area contributed by atoms with Gasteiger partial charge in [-0.05, 0) is 28.2 Å². The SMILES string of the molecule is CC(C)C(NC(=O)c1occc1NC(=O)OCC1c2ccccc2-c2ccccc21)C(=O)O. The molecule has 1 atom stereocenters. The summed E-state index contributed by atoms with van der Waals surface area (Å²) in [6.07, 6.45) is 0.491. The van der Waals surface area contributed by atoms with Crippen LogP contribution in [-0.4, -0.2) is 35.7 Å². The number of furan rings is 1. The van der Waals surface area contributed by atoms with Crippen molar-refractivity contribution in [2.75, 3.05) is 11.9 Å². The molecule has 2 amide bonds. The fourth-order valence-corrected chi connectivity index (χ4v) is 4.05. The summed E-state index contributed by atoms with van der Waals surface area (Å²) in [5, 5.41) is 14.2. The Morgan fingerprint density at radius 2 is 1.61 bits per heavy atom. The Morgan fingerprint density at radius 3 is 2.18 bits per heavy atom. The van der Waals surface area contributed by atoms with Gasteiger partial charge in [-0.1, -0.05) is 62.4 Å². The molecule has 0 spiro atoms. The number of ether oxygens (including phenoxy) is 1. The van der Waals surface area contributed by atoms with Crippen molar-refractivity contribution in [2.45, 2.75) is 25.8 Å². The number of hydrogen-bond donors (Lipinski definition) is 3. The molecule has 3 N–H and O–H groups in total. The molecular formula is C25H24N2O6. The summed E-state index contributed by atoms with van der Waals surface area (Å²) in [4.78, 5) is 36.4. The number of carbonyl (C=O) groups is 3. The van der Waals surface area contributed by atoms with Crippen molar-refractivity contribution < 1.29 is 28.6 Å². The Bertz CT molecular complexity index is 1150. The van der Waals surface area contributed by atoms with Crippen LogP contribution in [0.2, 0.25) is 0 Å². The van der Waals surface area contributed by atoms with Gasteiger partial charge in [-0.15, -0.1) is 0 Å². The van der Waals surface area contributed by atoms with E-state index in [2.05, 4.69) is 10.6 Å². The van der Waals surface area contributed by atoms with Crippen molar-refractivity contribution >= 4 is 23.7 Å². The van der Waals surface area contributed by atoms with E-state index in [0.29, 0.717) is 0 Å². The van der Waals surface area contributed by atoms with Crippen LogP contribution in [0.15, 0.2) is 65.3 Å². The highest BCUT2D eigenvalue weighted by Crippen LogP contribution is 2.44. The Labute approximate surface area is 190 Å². The van der Waals surface area contributed by atoms with E-state index in [1.54, 1.807) is 13.8 Å². The molecule has 0 aliphatic heterocycles. The topological polar surface area (TPSA) is 118 Å². The molecule has 0 fully saturated rings. The average Bonchev–Trinajstić information content (AvgIpc) is 3.38. The summed E-state index contributed by atoms with van der Waals surface area (Å²) in [5.74, 6) is -2.53. The number of hydrogen-bond acceptors (Lipinski definition) is 5. The number of aliphatic carboxylic acids is 1. The molecule has 1 heterocycles. The number of fused-ring (bicyclic) bond motifs is 3. The Balaban J connectivity index is 1.43. The summed E-state index contributed by atoms with van der Waals surface area (Å²) in [5.41, 5.74) is 4.51. The lowest BCUT2D eigenvalue weighted by molar-refractivity contribution is -0.140. The summed E-state index contributed by atoms with van der Waals surface area (Å²) >= 11 is 0. The highest BCUT2D eigenvalue weighted by atomic mass is 16.5. The van der Waals surface area contributed by atoms with Crippen LogP contribution in [0, 0.1) is 5.92 Å². The lowest BCUT2D eigenvalue weighted by Crippen LogP contribution is -2.44. The summed E-state index contributed by atoms with van der Waals surface area (Å²) in [6.45, 7) is 3.47. The Kier molecular flexibility index (Phi) is 6.17. The number of benzene rings is 2. The molecule has 1 aliphatic rings. The van der Waals surface area contributed by atoms with Gasteiger partial charge in [-0.25, -0.2) is 9.59 Å². The van der Waals surface area contributed by atoms with Crippen molar-refractivity contribution in [3.8, 4) is 11.1 Å². The number of carboxylic acid groups (broad SMARTS) is 1. The van der Waals surface area contributed by atoms with Crippen molar-refractivity contribution in [3.63, 3.8) is 0 Å². The fourth-order valence-electron chi connectivity index (χ4n) is 4.05. The first-order chi connectivity index (χ1) is 15.9. The first-order valence-electron chi connectivity index (χ1n) is 10.6. The van der Waals surface area contributed by atoms with Gasteiger partial charge in [-0.2, -0.15) is 0 Å². The molecule has 1 aromatic heterocycles. The second-order valence-corrected chi connectivity index (χ2v) is 8.15. The molecule has 8 nitrogen and oxygen atoms in total. The Morgan fingerprint density at radius 1 is 1.00 bits per heavy atom. The lowest BCUT2D eigenvalue weighted by atomic mass is 9.98. The summed E-state index contributed by atoms with van der Waals surface area (Å²) in [6, 6.07) is 16.3. The highest BCUT2D eigenvalue weighted by molar-refractivity contribution is 6.01. The van der Waals surface area contributed by atoms with Gasteiger partial charge >= 0.3 is 12.1 Å². The van der Waals surface area contributed by atoms with Gasteiger partial charge in [0.25, 0.3) is 5.91 Å². The van der Waals surface area contributed by atoms with Crippen LogP contribution < -0.4 is 10.6 Å². The number of nitrogens with one attached hydrogen (secondary N) is 2. The van der Waals surface area contributed by atoms with Gasteiger partial charge in [0.1, 0.15) is 12.6 Å². The molecule has 4 rings (SSSR count). The smallest absolute Gasteiger partial charge is 0.411 e. The largest absolute Gasteiger partial charge is 0.480 e. The van der Waals surface area contributed by atoms with Gasteiger partial charge in [0.05, 0.1) is 12.0 Å². The third-order valence-electron chi connectivity index (χ3n) is 5.67. The standard InChI is InChI=1S/C25H24N2O6/c1-14(2)21(24(29)30)27-23(28)22-20(11-12-32-22)26-25(31)33-13-19-17-9-5-3-7-15(17)16-8-4-6-10-18(16)19/h3-12,14,19,21H,13H2,1-2H3,(H,26,31)(H,27,28)(H,29,30). The van der Waals surface area contributed by atoms with Crippen LogP contribution in [0.1, 0.15) is 41.4 Å². The summed E-state index contributed by atoms with van der Waals surface area (Å²) in [7, 11) is 0. The van der Waals surface area contributed by atoms with Crippen LogP contribution in [0.25, 0.3) is 11.1 Å². The minimum Gasteiger partial charge on any atom is -0.480 e. The first-order valence-corrected chi connectivity index (χ1v) is 10.6. The molecule has 33 heavy (non-hydrogen) atoms. The predicted octanol–water partition coefficient (Wildman–Crippen LogP) is 4.48. The molecule has 170 valence electrons. The van der Waals surface area contributed by atoms with Gasteiger partial charge in [0, 0.05) is 12.0 Å². The molecule has 0 saturated carbocycles. The maximum atomic E-state index is 12.5. The van der Waals surface area contributed by atoms with E-state index in [1.165, 1.54) is 12.3 Å². The lowest BCUT2D eigenvalue weighted by Gasteiger charge is -2.17. The molecule has 1 unspecified atom stereocenters. The molecular weight excluding hydrogens is 424 g/mol. The van der Waals surface area contributed by atoms with E-state index in [1.807, 2.05) is 48.5 Å². The monoisotopic (exact) mass is 448 g/mol. The second-order valence-electron chi connectivity index (χ2n) is 8.15. The molecule has 0 saturated heterocycles. The second kappa shape index (κ2) is 9.20. The fraction of sp³-hybridized carbons (Fsp3) is 0.240. The van der Waals surface area contributed by atoms with Crippen molar-refractivity contribution in [2.24, 2.45) is 5.92 Å². The number of carboxylic acids is 1. The van der Waals surface area contributed by atoms with Crippen molar-refractivity contribution in [1.82, 2.24) is 5.32 Å². The van der Waals surface area contributed by atoms with E-state index >= 15 is 0 Å². The number of amides is 2. The average molecular weight is 448 g/mol. The van der Waals surface area contributed by atoms with Crippen LogP contribution in [0.5, 0.6) is 0 Å². The number of anilines is 1. The summed E-state index contributed by atoms with van der Waals surface area (Å²) < 4.78 is 10.7. The third-order valence-corrected chi connectivity index (χ3v) is 5.67. The van der Waals surface area contributed by atoms with E-state index < -0.39 is 24.0 Å². The maximum Gasteiger partial charge on any atom is 0.411 e. The van der Waals surface area contributed by atoms with E-state index in [-0.39, 0.29) is 29.9 Å². The van der Waals surface area contributed by atoms with Gasteiger partial charge in [0.15, 0.2) is 0 Å². The molecule has 0 bridgehead atoms. The molecule has 1 aliphatic carbocycles. The zero-order chi connectivity index (χ0) is 23.5. The van der Waals surface area contributed by atoms with Crippen LogP contribution in [-0.2, 0) is 9.53 Å². The van der Waals surface area contributed by atoms with E-state index in [4.69, 9.17) is 9.15 Å². The Hall–Kier alpha value is -4.07. The minimum atomic E-state index is -1.16. The zero-order valence-corrected chi connectivity index (χ0v) is 18.2. The molecule has 8 heteroatoms. The zero-order valence-electron chi connectivity index (χ0n) is 18.2. The number of carbonyl (C=O) groups excluding carboxylic acids is 2. The first kappa shape index (κ1) is 22.1. The third kappa shape index (κ3) is 4.45. The van der Waals surface area contributed by atoms with Crippen molar-refractivity contribution in [1.29, 1.82) is 0 Å². The maximum absolute atomic E-state index is 12.5. The molecule has 2 aromatic carbocycles. The van der Waals surface area contributed by atoms with Gasteiger partial charge < -0.3 is 19.6 Å². The van der Waals surface area contributed by atoms with E-state index in [9.17, 15) is 19.5 Å². The molecule has 0 radical (unpaired) electrons. The number of rotatable bonds is 7. The normalized spacial score (nSPS) is 13.2. The van der Waals surface area contributed by atoms with E-state index in [0.717, 1.165) is 22.3 Å². The quantitative estimate of drug-likeness (QED) is 0.491. The van der Waals surface area contributed by atoms with Crippen LogP contribution >= 0.6 is 0 Å². The molecule has 3 aromatic rings. The highest BCUT2D eigenvalue weighted by Gasteiger charge is 2.30. The van der Waals surface area contributed by atoms with Crippen LogP contribution in [0.4, 0.5) is 10.5 Å².